The van der Waals surface area contributed by atoms with E-state index in [-0.39, 0.29) is 6.04 Å². The van der Waals surface area contributed by atoms with Crippen molar-refractivity contribution >= 4 is 34.3 Å². The zero-order valence-electron chi connectivity index (χ0n) is 12.3. The van der Waals surface area contributed by atoms with E-state index in [1.807, 2.05) is 0 Å². The Kier molecular flexibility index (Phi) is 5.11. The van der Waals surface area contributed by atoms with Crippen molar-refractivity contribution in [3.05, 3.63) is 48.0 Å². The molecule has 2 nitrogen and oxygen atoms in total. The quantitative estimate of drug-likeness (QED) is 0.661. The van der Waals surface area contributed by atoms with Crippen LogP contribution in [0, 0.1) is 0 Å². The highest BCUT2D eigenvalue weighted by atomic mass is 32.2. The zero-order valence-corrected chi connectivity index (χ0v) is 13.9. The van der Waals surface area contributed by atoms with E-state index >= 15 is 0 Å². The molecule has 112 valence electrons. The molecule has 21 heavy (non-hydrogen) atoms. The highest BCUT2D eigenvalue weighted by molar-refractivity contribution is 8.07. The molecule has 3 atom stereocenters. The Bertz CT molecular complexity index is 602. The number of nitrogens with two attached hydrogens (primary N) is 1. The lowest BCUT2D eigenvalue weighted by molar-refractivity contribution is 0.514. The van der Waals surface area contributed by atoms with Crippen LogP contribution in [0.4, 0.5) is 0 Å². The molecule has 0 aromatic heterocycles. The summed E-state index contributed by atoms with van der Waals surface area (Å²) in [6.07, 6.45) is 1.20. The summed E-state index contributed by atoms with van der Waals surface area (Å²) in [6, 6.07) is 15.4. The molecule has 0 bridgehead atoms. The number of thioether (sulfide) groups is 2. The summed E-state index contributed by atoms with van der Waals surface area (Å²) >= 11 is 4.16. The Morgan fingerprint density at radius 1 is 1.14 bits per heavy atom. The van der Waals surface area contributed by atoms with Crippen molar-refractivity contribution in [2.75, 3.05) is 11.5 Å². The van der Waals surface area contributed by atoms with Crippen molar-refractivity contribution < 1.29 is 0 Å². The second kappa shape index (κ2) is 7.05. The van der Waals surface area contributed by atoms with Gasteiger partial charge < -0.3 is 0 Å². The fourth-order valence-electron chi connectivity index (χ4n) is 3.03. The van der Waals surface area contributed by atoms with Crippen LogP contribution in [-0.2, 0) is 0 Å². The van der Waals surface area contributed by atoms with Gasteiger partial charge >= 0.3 is 0 Å². The average molecular weight is 319 g/mol. The third-order valence-corrected chi connectivity index (χ3v) is 7.49. The van der Waals surface area contributed by atoms with Gasteiger partial charge in [0.2, 0.25) is 0 Å². The summed E-state index contributed by atoms with van der Waals surface area (Å²) < 4.78 is 0. The van der Waals surface area contributed by atoms with Crippen LogP contribution < -0.4 is 11.3 Å². The smallest absolute Gasteiger partial charge is 0.0589 e. The minimum Gasteiger partial charge on any atom is -0.271 e. The summed E-state index contributed by atoms with van der Waals surface area (Å²) in [5.41, 5.74) is 4.38. The van der Waals surface area contributed by atoms with Crippen molar-refractivity contribution in [2.24, 2.45) is 5.84 Å². The van der Waals surface area contributed by atoms with Gasteiger partial charge in [-0.05, 0) is 28.8 Å². The second-order valence-electron chi connectivity index (χ2n) is 5.40. The molecule has 4 heteroatoms. The van der Waals surface area contributed by atoms with Gasteiger partial charge in [0.1, 0.15) is 0 Å². The first kappa shape index (κ1) is 15.2. The lowest BCUT2D eigenvalue weighted by Gasteiger charge is -2.35. The van der Waals surface area contributed by atoms with Gasteiger partial charge in [-0.3, -0.25) is 11.3 Å². The molecule has 3 rings (SSSR count). The summed E-state index contributed by atoms with van der Waals surface area (Å²) in [6.45, 7) is 2.28. The van der Waals surface area contributed by atoms with Gasteiger partial charge in [0.05, 0.1) is 6.04 Å². The molecule has 1 heterocycles. The molecule has 1 fully saturated rings. The number of hydrogen-bond donors (Lipinski definition) is 2. The van der Waals surface area contributed by atoms with E-state index in [0.717, 1.165) is 0 Å². The molecule has 0 amide bonds. The first-order valence-corrected chi connectivity index (χ1v) is 9.61. The van der Waals surface area contributed by atoms with E-state index < -0.39 is 0 Å². The van der Waals surface area contributed by atoms with Crippen molar-refractivity contribution in [1.29, 1.82) is 0 Å². The summed E-state index contributed by atoms with van der Waals surface area (Å²) in [4.78, 5) is 0. The predicted molar refractivity (Wildman–Crippen MR) is 96.8 cm³/mol. The van der Waals surface area contributed by atoms with E-state index in [9.17, 15) is 0 Å². The van der Waals surface area contributed by atoms with Crippen LogP contribution >= 0.6 is 23.5 Å². The molecule has 1 saturated heterocycles. The molecule has 1 aliphatic heterocycles. The first-order valence-electron chi connectivity index (χ1n) is 7.51. The maximum absolute atomic E-state index is 5.92. The Hall–Kier alpha value is -0.680. The normalized spacial score (nSPS) is 24.1. The molecule has 2 aromatic carbocycles. The molecular formula is C17H22N2S2. The Morgan fingerprint density at radius 2 is 1.90 bits per heavy atom. The minimum absolute atomic E-state index is 0.220. The van der Waals surface area contributed by atoms with Gasteiger partial charge in [-0.25, -0.2) is 0 Å². The van der Waals surface area contributed by atoms with Crippen LogP contribution in [0.25, 0.3) is 10.8 Å². The average Bonchev–Trinajstić information content (AvgIpc) is 2.56. The number of rotatable bonds is 4. The Morgan fingerprint density at radius 3 is 2.67 bits per heavy atom. The van der Waals surface area contributed by atoms with Gasteiger partial charge in [0.15, 0.2) is 0 Å². The summed E-state index contributed by atoms with van der Waals surface area (Å²) in [5, 5.41) is 3.79. The van der Waals surface area contributed by atoms with Crippen LogP contribution in [0.1, 0.15) is 24.9 Å². The third-order valence-electron chi connectivity index (χ3n) is 4.14. The Labute approximate surface area is 135 Å². The molecule has 0 radical (unpaired) electrons. The number of fused-ring (bicyclic) bond motifs is 1. The standard InChI is InChI=1S/C17H22N2S2/c1-2-15-17(21-10-9-20-15)16(19-18)14-8-7-12-5-3-4-6-13(12)11-14/h3-8,11,15-17,19H,2,9-10,18H2,1H3. The predicted octanol–water partition coefficient (Wildman–Crippen LogP) is 3.97. The van der Waals surface area contributed by atoms with Crippen molar-refractivity contribution in [2.45, 2.75) is 29.9 Å². The Balaban J connectivity index is 1.93. The topological polar surface area (TPSA) is 38.0 Å². The van der Waals surface area contributed by atoms with E-state index in [0.29, 0.717) is 10.5 Å². The van der Waals surface area contributed by atoms with Crippen molar-refractivity contribution in [3.63, 3.8) is 0 Å². The minimum atomic E-state index is 0.220. The largest absolute Gasteiger partial charge is 0.271 e. The van der Waals surface area contributed by atoms with Crippen LogP contribution in [0.2, 0.25) is 0 Å². The monoisotopic (exact) mass is 318 g/mol. The van der Waals surface area contributed by atoms with Gasteiger partial charge in [0, 0.05) is 22.0 Å². The lowest BCUT2D eigenvalue weighted by atomic mass is 9.98. The summed E-state index contributed by atoms with van der Waals surface area (Å²) in [7, 11) is 0. The number of hydrazine groups is 1. The zero-order chi connectivity index (χ0) is 14.7. The number of benzene rings is 2. The van der Waals surface area contributed by atoms with Crippen molar-refractivity contribution in [1.82, 2.24) is 5.43 Å². The van der Waals surface area contributed by atoms with Gasteiger partial charge in [-0.2, -0.15) is 23.5 Å². The highest BCUT2D eigenvalue weighted by Crippen LogP contribution is 2.40. The van der Waals surface area contributed by atoms with E-state index in [2.05, 4.69) is 78.3 Å². The van der Waals surface area contributed by atoms with Crippen LogP contribution in [0.3, 0.4) is 0 Å². The molecule has 1 aliphatic rings. The van der Waals surface area contributed by atoms with Crippen LogP contribution in [0.5, 0.6) is 0 Å². The fraction of sp³-hybridized carbons (Fsp3) is 0.412. The number of nitrogens with one attached hydrogen (secondary N) is 1. The van der Waals surface area contributed by atoms with Gasteiger partial charge in [-0.15, -0.1) is 0 Å². The fourth-order valence-corrected chi connectivity index (χ4v) is 6.26. The number of hydrogen-bond acceptors (Lipinski definition) is 4. The molecular weight excluding hydrogens is 296 g/mol. The molecule has 2 aromatic rings. The van der Waals surface area contributed by atoms with Crippen molar-refractivity contribution in [3.8, 4) is 0 Å². The van der Waals surface area contributed by atoms with E-state index in [1.54, 1.807) is 0 Å². The molecule has 0 aliphatic carbocycles. The molecule has 0 spiro atoms. The molecule has 3 N–H and O–H groups in total. The van der Waals surface area contributed by atoms with E-state index in [4.69, 9.17) is 5.84 Å². The van der Waals surface area contributed by atoms with E-state index in [1.165, 1.54) is 34.3 Å². The second-order valence-corrected chi connectivity index (χ2v) is 8.04. The molecule has 3 unspecified atom stereocenters. The van der Waals surface area contributed by atoms with Gasteiger partial charge in [-0.1, -0.05) is 43.3 Å². The first-order chi connectivity index (χ1) is 10.3. The lowest BCUT2D eigenvalue weighted by Crippen LogP contribution is -2.41. The molecule has 0 saturated carbocycles. The highest BCUT2D eigenvalue weighted by Gasteiger charge is 2.32. The maximum Gasteiger partial charge on any atom is 0.0589 e. The van der Waals surface area contributed by atoms with Gasteiger partial charge in [0.25, 0.3) is 0 Å². The van der Waals surface area contributed by atoms with Crippen LogP contribution in [-0.4, -0.2) is 22.0 Å². The maximum atomic E-state index is 5.92. The van der Waals surface area contributed by atoms with Crippen LogP contribution in [0.15, 0.2) is 42.5 Å². The SMILES string of the molecule is CCC1SCCSC1C(NN)c1ccc2ccccc2c1. The summed E-state index contributed by atoms with van der Waals surface area (Å²) in [5.74, 6) is 8.40. The third kappa shape index (κ3) is 3.24.